The lowest BCUT2D eigenvalue weighted by Crippen LogP contribution is -2.46. The van der Waals surface area contributed by atoms with E-state index in [9.17, 15) is 0 Å². The van der Waals surface area contributed by atoms with E-state index in [0.717, 1.165) is 25.9 Å². The molecule has 1 saturated carbocycles. The van der Waals surface area contributed by atoms with Crippen LogP contribution in [0.4, 0.5) is 0 Å². The van der Waals surface area contributed by atoms with E-state index in [1.807, 2.05) is 12.3 Å². The Morgan fingerprint density at radius 1 is 1.29 bits per heavy atom. The second-order valence-electron chi connectivity index (χ2n) is 5.09. The monoisotopic (exact) mass is 234 g/mol. The quantitative estimate of drug-likeness (QED) is 0.795. The summed E-state index contributed by atoms with van der Waals surface area (Å²) in [5.41, 5.74) is 7.46. The summed E-state index contributed by atoms with van der Waals surface area (Å²) < 4.78 is 5.73. The fraction of sp³-hybridized carbons (Fsp3) is 0.643. The lowest BCUT2D eigenvalue weighted by atomic mass is 9.83. The highest BCUT2D eigenvalue weighted by molar-refractivity contribution is 5.08. The summed E-state index contributed by atoms with van der Waals surface area (Å²) in [6.45, 7) is 1.44. The van der Waals surface area contributed by atoms with Crippen LogP contribution >= 0.6 is 0 Å². The predicted molar refractivity (Wildman–Crippen MR) is 68.8 cm³/mol. The second-order valence-corrected chi connectivity index (χ2v) is 5.09. The Balaban J connectivity index is 1.66. The molecule has 0 aliphatic heterocycles. The van der Waals surface area contributed by atoms with E-state index in [4.69, 9.17) is 10.5 Å². The van der Waals surface area contributed by atoms with Gasteiger partial charge in [0, 0.05) is 17.9 Å². The van der Waals surface area contributed by atoms with Gasteiger partial charge in [-0.2, -0.15) is 0 Å². The van der Waals surface area contributed by atoms with Gasteiger partial charge in [0.05, 0.1) is 13.2 Å². The SMILES string of the molecule is NC1(COCCc2cccnc2)CCCCC1. The third-order valence-corrected chi connectivity index (χ3v) is 3.50. The molecule has 1 aromatic heterocycles. The minimum Gasteiger partial charge on any atom is -0.379 e. The molecule has 0 unspecified atom stereocenters. The first-order valence-electron chi connectivity index (χ1n) is 6.54. The molecule has 2 N–H and O–H groups in total. The molecular formula is C14H22N2O. The van der Waals surface area contributed by atoms with E-state index >= 15 is 0 Å². The van der Waals surface area contributed by atoms with E-state index in [-0.39, 0.29) is 5.54 Å². The topological polar surface area (TPSA) is 48.1 Å². The van der Waals surface area contributed by atoms with Crippen LogP contribution in [-0.2, 0) is 11.2 Å². The van der Waals surface area contributed by atoms with Gasteiger partial charge in [0.15, 0.2) is 0 Å². The molecule has 0 radical (unpaired) electrons. The van der Waals surface area contributed by atoms with Gasteiger partial charge in [-0.15, -0.1) is 0 Å². The molecule has 1 aliphatic carbocycles. The Morgan fingerprint density at radius 3 is 2.82 bits per heavy atom. The van der Waals surface area contributed by atoms with Crippen molar-refractivity contribution in [1.82, 2.24) is 4.98 Å². The molecule has 1 heterocycles. The molecule has 0 aromatic carbocycles. The van der Waals surface area contributed by atoms with Crippen molar-refractivity contribution in [3.05, 3.63) is 30.1 Å². The summed E-state index contributed by atoms with van der Waals surface area (Å²) in [4.78, 5) is 4.09. The summed E-state index contributed by atoms with van der Waals surface area (Å²) in [5, 5.41) is 0. The molecule has 0 bridgehead atoms. The highest BCUT2D eigenvalue weighted by Crippen LogP contribution is 2.25. The van der Waals surface area contributed by atoms with E-state index in [1.54, 1.807) is 6.20 Å². The highest BCUT2D eigenvalue weighted by atomic mass is 16.5. The zero-order valence-electron chi connectivity index (χ0n) is 10.4. The van der Waals surface area contributed by atoms with Gasteiger partial charge in [0.2, 0.25) is 0 Å². The molecule has 1 aliphatic rings. The molecule has 3 heteroatoms. The van der Waals surface area contributed by atoms with Gasteiger partial charge in [-0.05, 0) is 30.9 Å². The maximum Gasteiger partial charge on any atom is 0.0646 e. The van der Waals surface area contributed by atoms with Crippen molar-refractivity contribution in [3.63, 3.8) is 0 Å². The standard InChI is InChI=1S/C14H22N2O/c15-14(7-2-1-3-8-14)12-17-10-6-13-5-4-9-16-11-13/h4-5,9,11H,1-3,6-8,10,12,15H2. The number of aromatic nitrogens is 1. The third kappa shape index (κ3) is 4.10. The van der Waals surface area contributed by atoms with Crippen molar-refractivity contribution in [2.45, 2.75) is 44.1 Å². The summed E-state index contributed by atoms with van der Waals surface area (Å²) in [5.74, 6) is 0. The number of hydrogen-bond acceptors (Lipinski definition) is 3. The van der Waals surface area contributed by atoms with Crippen LogP contribution in [0.2, 0.25) is 0 Å². The smallest absolute Gasteiger partial charge is 0.0646 e. The van der Waals surface area contributed by atoms with E-state index in [0.29, 0.717) is 6.61 Å². The molecule has 17 heavy (non-hydrogen) atoms. The van der Waals surface area contributed by atoms with Crippen molar-refractivity contribution >= 4 is 0 Å². The highest BCUT2D eigenvalue weighted by Gasteiger charge is 2.27. The van der Waals surface area contributed by atoms with Gasteiger partial charge in [-0.3, -0.25) is 4.98 Å². The molecule has 1 fully saturated rings. The second kappa shape index (κ2) is 6.12. The van der Waals surface area contributed by atoms with Crippen LogP contribution in [0.3, 0.4) is 0 Å². The number of rotatable bonds is 5. The van der Waals surface area contributed by atoms with Gasteiger partial charge >= 0.3 is 0 Å². The normalized spacial score (nSPS) is 19.1. The first-order chi connectivity index (χ1) is 8.29. The van der Waals surface area contributed by atoms with Crippen molar-refractivity contribution in [3.8, 4) is 0 Å². The van der Waals surface area contributed by atoms with Crippen molar-refractivity contribution < 1.29 is 4.74 Å². The average Bonchev–Trinajstić information content (AvgIpc) is 2.37. The average molecular weight is 234 g/mol. The van der Waals surface area contributed by atoms with E-state index < -0.39 is 0 Å². The van der Waals surface area contributed by atoms with Crippen LogP contribution in [0.25, 0.3) is 0 Å². The van der Waals surface area contributed by atoms with Crippen molar-refractivity contribution in [1.29, 1.82) is 0 Å². The maximum atomic E-state index is 6.30. The molecule has 2 rings (SSSR count). The Hall–Kier alpha value is -0.930. The third-order valence-electron chi connectivity index (χ3n) is 3.50. The lowest BCUT2D eigenvalue weighted by Gasteiger charge is -2.33. The molecule has 0 saturated heterocycles. The summed E-state index contributed by atoms with van der Waals surface area (Å²) in [6.07, 6.45) is 10.7. The number of hydrogen-bond donors (Lipinski definition) is 1. The summed E-state index contributed by atoms with van der Waals surface area (Å²) in [6, 6.07) is 4.04. The van der Waals surface area contributed by atoms with Crippen LogP contribution in [0, 0.1) is 0 Å². The lowest BCUT2D eigenvalue weighted by molar-refractivity contribution is 0.0698. The zero-order chi connectivity index (χ0) is 12.0. The Morgan fingerprint density at radius 2 is 2.12 bits per heavy atom. The number of nitrogens with zero attached hydrogens (tertiary/aromatic N) is 1. The molecule has 1 aromatic rings. The largest absolute Gasteiger partial charge is 0.379 e. The molecular weight excluding hydrogens is 212 g/mol. The van der Waals surface area contributed by atoms with Crippen molar-refractivity contribution in [2.24, 2.45) is 5.73 Å². The van der Waals surface area contributed by atoms with E-state index in [2.05, 4.69) is 11.1 Å². The Kier molecular flexibility index (Phi) is 4.51. The van der Waals surface area contributed by atoms with Gasteiger partial charge in [-0.25, -0.2) is 0 Å². The first kappa shape index (κ1) is 12.5. The fourth-order valence-corrected chi connectivity index (χ4v) is 2.41. The Labute approximate surface area is 103 Å². The van der Waals surface area contributed by atoms with Crippen LogP contribution < -0.4 is 5.73 Å². The Bertz CT molecular complexity index is 320. The zero-order valence-corrected chi connectivity index (χ0v) is 10.4. The van der Waals surface area contributed by atoms with Gasteiger partial charge in [-0.1, -0.05) is 25.3 Å². The minimum atomic E-state index is -0.0623. The summed E-state index contributed by atoms with van der Waals surface area (Å²) >= 11 is 0. The number of nitrogens with two attached hydrogens (primary N) is 1. The maximum absolute atomic E-state index is 6.30. The minimum absolute atomic E-state index is 0.0623. The molecule has 3 nitrogen and oxygen atoms in total. The predicted octanol–water partition coefficient (Wildman–Crippen LogP) is 2.30. The molecule has 0 amide bonds. The number of pyridine rings is 1. The van der Waals surface area contributed by atoms with Crippen LogP contribution in [0.5, 0.6) is 0 Å². The van der Waals surface area contributed by atoms with Crippen LogP contribution in [0.1, 0.15) is 37.7 Å². The van der Waals surface area contributed by atoms with Gasteiger partial charge in [0.25, 0.3) is 0 Å². The van der Waals surface area contributed by atoms with Crippen LogP contribution in [-0.4, -0.2) is 23.7 Å². The van der Waals surface area contributed by atoms with E-state index in [1.165, 1.54) is 24.8 Å². The number of ether oxygens (including phenoxy) is 1. The van der Waals surface area contributed by atoms with Gasteiger partial charge in [0.1, 0.15) is 0 Å². The fourth-order valence-electron chi connectivity index (χ4n) is 2.41. The summed E-state index contributed by atoms with van der Waals surface area (Å²) in [7, 11) is 0. The molecule has 0 spiro atoms. The first-order valence-corrected chi connectivity index (χ1v) is 6.54. The molecule has 0 atom stereocenters. The molecule has 94 valence electrons. The van der Waals surface area contributed by atoms with Gasteiger partial charge < -0.3 is 10.5 Å². The van der Waals surface area contributed by atoms with Crippen LogP contribution in [0.15, 0.2) is 24.5 Å². The van der Waals surface area contributed by atoms with Crippen molar-refractivity contribution in [2.75, 3.05) is 13.2 Å².